The Morgan fingerprint density at radius 2 is 2.19 bits per heavy atom. The van der Waals surface area contributed by atoms with E-state index in [-0.39, 0.29) is 34.4 Å². The van der Waals surface area contributed by atoms with E-state index < -0.39 is 20.0 Å². The Morgan fingerprint density at radius 3 is 2.81 bits per heavy atom. The molecule has 8 nitrogen and oxygen atoms in total. The van der Waals surface area contributed by atoms with Gasteiger partial charge in [0.2, 0.25) is 9.84 Å². The van der Waals surface area contributed by atoms with Gasteiger partial charge in [0.15, 0.2) is 5.58 Å². The molecule has 1 aromatic heterocycles. The summed E-state index contributed by atoms with van der Waals surface area (Å²) in [7, 11) is -3.64. The summed E-state index contributed by atoms with van der Waals surface area (Å²) in [6.45, 7) is 0.997. The molecule has 1 atom stereocenters. The number of oxazole rings is 1. The molecule has 1 aromatic carbocycles. The number of nitrogens with one attached hydrogen (secondary N) is 1. The number of nitro benzene ring substituents is 1. The SMILES string of the molecule is Cl.O=[N+]([O-])c1ccc2oc(S(=O)(=O)[C@H]3CCNC3)nc2c1. The minimum atomic E-state index is -3.64. The molecule has 1 N–H and O–H groups in total. The molecule has 2 aromatic rings. The zero-order valence-corrected chi connectivity index (χ0v) is 12.3. The van der Waals surface area contributed by atoms with Gasteiger partial charge in [-0.25, -0.2) is 8.42 Å². The normalized spacial score (nSPS) is 18.6. The van der Waals surface area contributed by atoms with Crippen LogP contribution in [0.5, 0.6) is 0 Å². The number of non-ortho nitro benzene ring substituents is 1. The second-order valence-corrected chi connectivity index (χ2v) is 6.65. The van der Waals surface area contributed by atoms with E-state index in [0.29, 0.717) is 19.5 Å². The van der Waals surface area contributed by atoms with Gasteiger partial charge in [-0.05, 0) is 19.0 Å². The highest BCUT2D eigenvalue weighted by Crippen LogP contribution is 2.26. The lowest BCUT2D eigenvalue weighted by atomic mass is 10.3. The lowest BCUT2D eigenvalue weighted by molar-refractivity contribution is -0.384. The van der Waals surface area contributed by atoms with E-state index in [4.69, 9.17) is 4.42 Å². The van der Waals surface area contributed by atoms with Crippen LogP contribution >= 0.6 is 12.4 Å². The molecule has 1 saturated heterocycles. The van der Waals surface area contributed by atoms with Gasteiger partial charge in [-0.2, -0.15) is 4.98 Å². The summed E-state index contributed by atoms with van der Waals surface area (Å²) in [4.78, 5) is 14.0. The second-order valence-electron chi connectivity index (χ2n) is 4.55. The van der Waals surface area contributed by atoms with Gasteiger partial charge in [-0.15, -0.1) is 12.4 Å². The van der Waals surface area contributed by atoms with Crippen LogP contribution in [0.1, 0.15) is 6.42 Å². The molecule has 0 radical (unpaired) electrons. The maximum absolute atomic E-state index is 12.3. The third-order valence-electron chi connectivity index (χ3n) is 3.26. The number of hydrogen-bond donors (Lipinski definition) is 1. The Labute approximate surface area is 126 Å². The van der Waals surface area contributed by atoms with Crippen LogP contribution in [-0.2, 0) is 9.84 Å². The summed E-state index contributed by atoms with van der Waals surface area (Å²) in [6, 6.07) is 3.80. The first-order chi connectivity index (χ1) is 9.48. The lowest BCUT2D eigenvalue weighted by Gasteiger charge is -2.05. The Balaban J connectivity index is 0.00000161. The van der Waals surface area contributed by atoms with Crippen molar-refractivity contribution in [3.05, 3.63) is 28.3 Å². The second kappa shape index (κ2) is 5.58. The number of nitrogens with zero attached hydrogens (tertiary/aromatic N) is 2. The number of rotatable bonds is 3. The highest BCUT2D eigenvalue weighted by molar-refractivity contribution is 7.91. The predicted octanol–water partition coefficient (Wildman–Crippen LogP) is 1.29. The topological polar surface area (TPSA) is 115 Å². The van der Waals surface area contributed by atoms with Crippen LogP contribution in [0, 0.1) is 10.1 Å². The molecule has 1 aliphatic heterocycles. The van der Waals surface area contributed by atoms with Crippen LogP contribution in [-0.4, -0.2) is 36.7 Å². The minimum absolute atomic E-state index is 0. The molecule has 0 spiro atoms. The summed E-state index contributed by atoms with van der Waals surface area (Å²) in [5.41, 5.74) is 0.237. The zero-order valence-electron chi connectivity index (χ0n) is 10.7. The number of hydrogen-bond acceptors (Lipinski definition) is 7. The van der Waals surface area contributed by atoms with Crippen molar-refractivity contribution in [1.29, 1.82) is 0 Å². The molecule has 0 unspecified atom stereocenters. The van der Waals surface area contributed by atoms with Crippen LogP contribution in [0.4, 0.5) is 5.69 Å². The molecule has 114 valence electrons. The van der Waals surface area contributed by atoms with E-state index in [1.165, 1.54) is 18.2 Å². The highest BCUT2D eigenvalue weighted by Gasteiger charge is 2.34. The number of fused-ring (bicyclic) bond motifs is 1. The Morgan fingerprint density at radius 1 is 1.43 bits per heavy atom. The van der Waals surface area contributed by atoms with Gasteiger partial charge in [-0.1, -0.05) is 0 Å². The van der Waals surface area contributed by atoms with Crippen molar-refractivity contribution in [2.45, 2.75) is 16.9 Å². The maximum Gasteiger partial charge on any atom is 0.316 e. The van der Waals surface area contributed by atoms with E-state index in [9.17, 15) is 18.5 Å². The molecule has 1 fully saturated rings. The number of aromatic nitrogens is 1. The fourth-order valence-electron chi connectivity index (χ4n) is 2.17. The van der Waals surface area contributed by atoms with Crippen molar-refractivity contribution in [3.8, 4) is 0 Å². The van der Waals surface area contributed by atoms with Crippen LogP contribution < -0.4 is 5.32 Å². The van der Waals surface area contributed by atoms with Gasteiger partial charge in [0.05, 0.1) is 10.2 Å². The molecule has 0 bridgehead atoms. The summed E-state index contributed by atoms with van der Waals surface area (Å²) in [6.07, 6.45) is 0.501. The largest absolute Gasteiger partial charge is 0.428 e. The van der Waals surface area contributed by atoms with Gasteiger partial charge in [0, 0.05) is 18.7 Å². The fourth-order valence-corrected chi connectivity index (χ4v) is 3.65. The number of nitro groups is 1. The van der Waals surface area contributed by atoms with Crippen molar-refractivity contribution < 1.29 is 17.8 Å². The van der Waals surface area contributed by atoms with Crippen LogP contribution in [0.25, 0.3) is 11.1 Å². The van der Waals surface area contributed by atoms with Gasteiger partial charge >= 0.3 is 5.22 Å². The van der Waals surface area contributed by atoms with Gasteiger partial charge in [0.25, 0.3) is 5.69 Å². The van der Waals surface area contributed by atoms with Gasteiger partial charge in [0.1, 0.15) is 5.52 Å². The van der Waals surface area contributed by atoms with E-state index in [1.54, 1.807) is 0 Å². The molecule has 3 rings (SSSR count). The maximum atomic E-state index is 12.3. The molecular formula is C11H12ClN3O5S. The third-order valence-corrected chi connectivity index (χ3v) is 5.20. The predicted molar refractivity (Wildman–Crippen MR) is 76.4 cm³/mol. The standard InChI is InChI=1S/C11H11N3O5S.ClH/c15-14(16)7-1-2-10-9(5-7)13-11(19-10)20(17,18)8-3-4-12-6-8;/h1-2,5,8,12H,3-4,6H2;1H/t8-;/m0./s1. The number of benzene rings is 1. The molecule has 1 aliphatic rings. The first kappa shape index (κ1) is 15.7. The molecule has 0 saturated carbocycles. The van der Waals surface area contributed by atoms with Crippen molar-refractivity contribution in [3.63, 3.8) is 0 Å². The lowest BCUT2D eigenvalue weighted by Crippen LogP contribution is -2.24. The average molecular weight is 334 g/mol. The van der Waals surface area contributed by atoms with E-state index in [1.807, 2.05) is 0 Å². The summed E-state index contributed by atoms with van der Waals surface area (Å²) in [5, 5.41) is 12.7. The Bertz CT molecular complexity index is 782. The molecule has 21 heavy (non-hydrogen) atoms. The summed E-state index contributed by atoms with van der Waals surface area (Å²) >= 11 is 0. The Kier molecular flexibility index (Phi) is 4.17. The van der Waals surface area contributed by atoms with E-state index in [0.717, 1.165) is 0 Å². The number of sulfone groups is 1. The summed E-state index contributed by atoms with van der Waals surface area (Å²) in [5.74, 6) is 0. The number of halogens is 1. The van der Waals surface area contributed by atoms with Crippen molar-refractivity contribution in [2.75, 3.05) is 13.1 Å². The molecule has 0 amide bonds. The molecule has 10 heteroatoms. The third kappa shape index (κ3) is 2.71. The fraction of sp³-hybridized carbons (Fsp3) is 0.364. The van der Waals surface area contributed by atoms with Gasteiger partial charge in [-0.3, -0.25) is 10.1 Å². The van der Waals surface area contributed by atoms with E-state index >= 15 is 0 Å². The monoisotopic (exact) mass is 333 g/mol. The molecule has 2 heterocycles. The highest BCUT2D eigenvalue weighted by atomic mass is 35.5. The first-order valence-corrected chi connectivity index (χ1v) is 7.53. The van der Waals surface area contributed by atoms with Crippen molar-refractivity contribution in [1.82, 2.24) is 10.3 Å². The van der Waals surface area contributed by atoms with E-state index in [2.05, 4.69) is 10.3 Å². The first-order valence-electron chi connectivity index (χ1n) is 5.98. The van der Waals surface area contributed by atoms with Crippen molar-refractivity contribution >= 4 is 39.0 Å². The summed E-state index contributed by atoms with van der Waals surface area (Å²) < 4.78 is 29.8. The quantitative estimate of drug-likeness (QED) is 0.664. The van der Waals surface area contributed by atoms with Crippen LogP contribution in [0.3, 0.4) is 0 Å². The average Bonchev–Trinajstić information content (AvgIpc) is 3.07. The molecule has 0 aliphatic carbocycles. The van der Waals surface area contributed by atoms with Crippen LogP contribution in [0.15, 0.2) is 27.8 Å². The Hall–Kier alpha value is -1.71. The van der Waals surface area contributed by atoms with Crippen molar-refractivity contribution in [2.24, 2.45) is 0 Å². The zero-order chi connectivity index (χ0) is 14.3. The molecular weight excluding hydrogens is 322 g/mol. The van der Waals surface area contributed by atoms with Crippen LogP contribution in [0.2, 0.25) is 0 Å². The minimum Gasteiger partial charge on any atom is -0.428 e. The smallest absolute Gasteiger partial charge is 0.316 e. The van der Waals surface area contributed by atoms with Gasteiger partial charge < -0.3 is 9.73 Å².